The van der Waals surface area contributed by atoms with Gasteiger partial charge in [0.2, 0.25) is 5.91 Å². The van der Waals surface area contributed by atoms with E-state index in [4.69, 9.17) is 9.47 Å². The SMILES string of the molecule is COc1ccc([C@H](CC(C)C)NC(=O)CN(c2ccc(OC)cc2)S(=O)(=O)c2ccccc2)cc1. The fourth-order valence-electron chi connectivity index (χ4n) is 3.74. The quantitative estimate of drug-likeness (QED) is 0.412. The molecule has 8 heteroatoms. The zero-order valence-corrected chi connectivity index (χ0v) is 21.3. The molecule has 186 valence electrons. The van der Waals surface area contributed by atoms with Crippen LogP contribution in [-0.2, 0) is 14.8 Å². The summed E-state index contributed by atoms with van der Waals surface area (Å²) in [5.74, 6) is 1.23. The van der Waals surface area contributed by atoms with Gasteiger partial charge in [0.05, 0.1) is 30.8 Å². The van der Waals surface area contributed by atoms with Gasteiger partial charge in [-0.15, -0.1) is 0 Å². The second-order valence-corrected chi connectivity index (χ2v) is 10.4. The number of anilines is 1. The van der Waals surface area contributed by atoms with Crippen molar-refractivity contribution in [3.63, 3.8) is 0 Å². The van der Waals surface area contributed by atoms with Crippen LogP contribution in [0.15, 0.2) is 83.8 Å². The highest BCUT2D eigenvalue weighted by molar-refractivity contribution is 7.92. The minimum absolute atomic E-state index is 0.109. The number of hydrogen-bond donors (Lipinski definition) is 1. The van der Waals surface area contributed by atoms with Crippen LogP contribution >= 0.6 is 0 Å². The van der Waals surface area contributed by atoms with Gasteiger partial charge in [-0.3, -0.25) is 9.10 Å². The maximum Gasteiger partial charge on any atom is 0.264 e. The summed E-state index contributed by atoms with van der Waals surface area (Å²) in [5.41, 5.74) is 1.30. The lowest BCUT2D eigenvalue weighted by Gasteiger charge is -2.26. The van der Waals surface area contributed by atoms with Gasteiger partial charge in [0, 0.05) is 0 Å². The Bertz CT molecular complexity index is 1190. The van der Waals surface area contributed by atoms with Gasteiger partial charge in [-0.25, -0.2) is 8.42 Å². The Hall–Kier alpha value is -3.52. The molecule has 0 unspecified atom stereocenters. The number of sulfonamides is 1. The molecule has 7 nitrogen and oxygen atoms in total. The standard InChI is InChI=1S/C27H32N2O5S/c1-20(2)18-26(21-10-14-23(33-3)15-11-21)28-27(30)19-29(22-12-16-24(34-4)17-13-22)35(31,32)25-8-6-5-7-9-25/h5-17,20,26H,18-19H2,1-4H3,(H,28,30)/t26-/m0/s1. The lowest BCUT2D eigenvalue weighted by Crippen LogP contribution is -2.42. The summed E-state index contributed by atoms with van der Waals surface area (Å²) in [7, 11) is -0.849. The smallest absolute Gasteiger partial charge is 0.264 e. The van der Waals surface area contributed by atoms with Gasteiger partial charge in [-0.1, -0.05) is 44.2 Å². The van der Waals surface area contributed by atoms with Crippen LogP contribution < -0.4 is 19.1 Å². The monoisotopic (exact) mass is 496 g/mol. The van der Waals surface area contributed by atoms with Crippen molar-refractivity contribution in [2.45, 2.75) is 31.2 Å². The van der Waals surface area contributed by atoms with E-state index in [0.29, 0.717) is 23.8 Å². The Morgan fingerprint density at radius 1 is 0.857 bits per heavy atom. The maximum absolute atomic E-state index is 13.5. The summed E-state index contributed by atoms with van der Waals surface area (Å²) in [4.78, 5) is 13.4. The summed E-state index contributed by atoms with van der Waals surface area (Å²) in [6.45, 7) is 3.78. The van der Waals surface area contributed by atoms with Crippen LogP contribution in [0.3, 0.4) is 0 Å². The molecule has 0 saturated heterocycles. The summed E-state index contributed by atoms with van der Waals surface area (Å²) < 4.78 is 38.6. The van der Waals surface area contributed by atoms with Crippen molar-refractivity contribution in [1.82, 2.24) is 5.32 Å². The summed E-state index contributed by atoms with van der Waals surface area (Å²) in [6, 6.07) is 21.9. The normalized spacial score (nSPS) is 12.1. The number of hydrogen-bond acceptors (Lipinski definition) is 5. The highest BCUT2D eigenvalue weighted by Crippen LogP contribution is 2.27. The average Bonchev–Trinajstić information content (AvgIpc) is 2.87. The molecule has 3 rings (SSSR count). The minimum atomic E-state index is -3.99. The molecule has 0 heterocycles. The molecule has 35 heavy (non-hydrogen) atoms. The van der Waals surface area contributed by atoms with Crippen LogP contribution in [0.1, 0.15) is 31.9 Å². The molecule has 3 aromatic rings. The van der Waals surface area contributed by atoms with E-state index < -0.39 is 15.9 Å². The van der Waals surface area contributed by atoms with Crippen LogP contribution in [0.4, 0.5) is 5.69 Å². The van der Waals surface area contributed by atoms with E-state index >= 15 is 0 Å². The predicted molar refractivity (Wildman–Crippen MR) is 137 cm³/mol. The first-order valence-corrected chi connectivity index (χ1v) is 12.8. The number of nitrogens with one attached hydrogen (secondary N) is 1. The summed E-state index contributed by atoms with van der Waals surface area (Å²) in [6.07, 6.45) is 0.700. The van der Waals surface area contributed by atoms with Crippen molar-refractivity contribution >= 4 is 21.6 Å². The summed E-state index contributed by atoms with van der Waals surface area (Å²) in [5, 5.41) is 3.04. The highest BCUT2D eigenvalue weighted by Gasteiger charge is 2.28. The number of benzene rings is 3. The second-order valence-electron chi connectivity index (χ2n) is 8.55. The third-order valence-corrected chi connectivity index (χ3v) is 7.33. The fourth-order valence-corrected chi connectivity index (χ4v) is 5.18. The molecule has 0 bridgehead atoms. The average molecular weight is 497 g/mol. The topological polar surface area (TPSA) is 84.9 Å². The van der Waals surface area contributed by atoms with Crippen molar-refractivity contribution in [3.05, 3.63) is 84.4 Å². The van der Waals surface area contributed by atoms with Gasteiger partial charge in [0.15, 0.2) is 0 Å². The van der Waals surface area contributed by atoms with Crippen LogP contribution in [-0.4, -0.2) is 35.1 Å². The van der Waals surface area contributed by atoms with Crippen molar-refractivity contribution in [1.29, 1.82) is 0 Å². The molecule has 1 N–H and O–H groups in total. The van der Waals surface area contributed by atoms with Crippen LogP contribution in [0.2, 0.25) is 0 Å². The molecule has 1 amide bonds. The van der Waals surface area contributed by atoms with Crippen LogP contribution in [0.25, 0.3) is 0 Å². The van der Waals surface area contributed by atoms with E-state index in [2.05, 4.69) is 19.2 Å². The van der Waals surface area contributed by atoms with Gasteiger partial charge in [-0.2, -0.15) is 0 Å². The van der Waals surface area contributed by atoms with Gasteiger partial charge in [0.1, 0.15) is 18.0 Å². The van der Waals surface area contributed by atoms with Crippen molar-refractivity contribution in [2.24, 2.45) is 5.92 Å². The Morgan fingerprint density at radius 3 is 1.91 bits per heavy atom. The van der Waals surface area contributed by atoms with Crippen molar-refractivity contribution in [3.8, 4) is 11.5 Å². The van der Waals surface area contributed by atoms with E-state index in [-0.39, 0.29) is 17.5 Å². The minimum Gasteiger partial charge on any atom is -0.497 e. The van der Waals surface area contributed by atoms with Crippen molar-refractivity contribution in [2.75, 3.05) is 25.1 Å². The number of amides is 1. The molecule has 0 aliphatic rings. The number of methoxy groups -OCH3 is 2. The van der Waals surface area contributed by atoms with E-state index in [1.54, 1.807) is 49.6 Å². The largest absolute Gasteiger partial charge is 0.497 e. The van der Waals surface area contributed by atoms with Crippen LogP contribution in [0.5, 0.6) is 11.5 Å². The first-order valence-electron chi connectivity index (χ1n) is 11.4. The lowest BCUT2D eigenvalue weighted by molar-refractivity contribution is -0.120. The van der Waals surface area contributed by atoms with E-state index in [9.17, 15) is 13.2 Å². The molecule has 0 aromatic heterocycles. The molecule has 0 aliphatic heterocycles. The Balaban J connectivity index is 1.90. The third-order valence-electron chi connectivity index (χ3n) is 5.54. The van der Waals surface area contributed by atoms with E-state index in [1.807, 2.05) is 24.3 Å². The molecule has 0 saturated carbocycles. The molecule has 0 radical (unpaired) electrons. The zero-order chi connectivity index (χ0) is 25.4. The highest BCUT2D eigenvalue weighted by atomic mass is 32.2. The van der Waals surface area contributed by atoms with Gasteiger partial charge in [0.25, 0.3) is 10.0 Å². The number of carbonyl (C=O) groups is 1. The number of ether oxygens (including phenoxy) is 2. The first kappa shape index (κ1) is 26.1. The number of carbonyl (C=O) groups excluding carboxylic acids is 1. The molecule has 0 spiro atoms. The van der Waals surface area contributed by atoms with Crippen LogP contribution in [0, 0.1) is 5.92 Å². The van der Waals surface area contributed by atoms with E-state index in [1.165, 1.54) is 19.2 Å². The van der Waals surface area contributed by atoms with E-state index in [0.717, 1.165) is 15.6 Å². The fraction of sp³-hybridized carbons (Fsp3) is 0.296. The zero-order valence-electron chi connectivity index (χ0n) is 20.5. The molecule has 3 aromatic carbocycles. The molecule has 1 atom stereocenters. The van der Waals surface area contributed by atoms with Gasteiger partial charge >= 0.3 is 0 Å². The predicted octanol–water partition coefficient (Wildman–Crippen LogP) is 4.80. The third kappa shape index (κ3) is 6.76. The Labute approximate surface area is 207 Å². The molecular formula is C27H32N2O5S. The first-order chi connectivity index (χ1) is 16.7. The van der Waals surface area contributed by atoms with Gasteiger partial charge in [-0.05, 0) is 66.4 Å². The number of rotatable bonds is 11. The second kappa shape index (κ2) is 11.8. The van der Waals surface area contributed by atoms with Gasteiger partial charge < -0.3 is 14.8 Å². The Morgan fingerprint density at radius 2 is 1.40 bits per heavy atom. The molecule has 0 fully saturated rings. The Kier molecular flexibility index (Phi) is 8.76. The summed E-state index contributed by atoms with van der Waals surface area (Å²) >= 11 is 0. The molecular weight excluding hydrogens is 464 g/mol. The number of nitrogens with zero attached hydrogens (tertiary/aromatic N) is 1. The van der Waals surface area contributed by atoms with Crippen molar-refractivity contribution < 1.29 is 22.7 Å². The lowest BCUT2D eigenvalue weighted by atomic mass is 9.97. The maximum atomic E-state index is 13.5. The molecule has 0 aliphatic carbocycles.